The van der Waals surface area contributed by atoms with E-state index in [4.69, 9.17) is 23.8 Å². The lowest BCUT2D eigenvalue weighted by Crippen LogP contribution is -2.34. The van der Waals surface area contributed by atoms with Crippen LogP contribution in [-0.2, 0) is 4.79 Å². The van der Waals surface area contributed by atoms with Crippen LogP contribution in [0.5, 0.6) is 0 Å². The Morgan fingerprint density at radius 2 is 2.09 bits per heavy atom. The van der Waals surface area contributed by atoms with Gasteiger partial charge in [0.25, 0.3) is 0 Å². The lowest BCUT2D eigenvalue weighted by atomic mass is 9.99. The van der Waals surface area contributed by atoms with E-state index < -0.39 is 0 Å². The fraction of sp³-hybridized carbons (Fsp3) is 0.529. The molecule has 0 atom stereocenters. The Morgan fingerprint density at radius 1 is 1.39 bits per heavy atom. The van der Waals surface area contributed by atoms with Crippen LogP contribution in [-0.4, -0.2) is 24.1 Å². The van der Waals surface area contributed by atoms with Crippen molar-refractivity contribution in [3.05, 3.63) is 23.2 Å². The summed E-state index contributed by atoms with van der Waals surface area (Å²) in [5.74, 6) is 0.713. The maximum Gasteiger partial charge on any atom is 0.226 e. The molecule has 126 valence electrons. The molecular formula is C17H24ClN3OS. The van der Waals surface area contributed by atoms with Crippen molar-refractivity contribution < 1.29 is 4.79 Å². The second kappa shape index (κ2) is 8.50. The number of rotatable bonds is 4. The average Bonchev–Trinajstić information content (AvgIpc) is 2.48. The summed E-state index contributed by atoms with van der Waals surface area (Å²) in [6.45, 7) is 6.33. The van der Waals surface area contributed by atoms with Gasteiger partial charge in [-0.1, -0.05) is 25.4 Å². The number of nitrogens with zero attached hydrogens (tertiary/aromatic N) is 1. The minimum atomic E-state index is -0.0739. The molecule has 1 amide bonds. The van der Waals surface area contributed by atoms with Gasteiger partial charge >= 0.3 is 0 Å². The molecule has 23 heavy (non-hydrogen) atoms. The van der Waals surface area contributed by atoms with E-state index in [1.165, 1.54) is 12.8 Å². The largest absolute Gasteiger partial charge is 0.370 e. The van der Waals surface area contributed by atoms with E-state index in [-0.39, 0.29) is 5.91 Å². The molecule has 1 heterocycles. The summed E-state index contributed by atoms with van der Waals surface area (Å²) in [5.41, 5.74) is 1.84. The van der Waals surface area contributed by atoms with Gasteiger partial charge in [0, 0.05) is 25.2 Å². The lowest BCUT2D eigenvalue weighted by Gasteiger charge is -2.32. The first-order valence-electron chi connectivity index (χ1n) is 8.15. The van der Waals surface area contributed by atoms with Gasteiger partial charge in [-0.05, 0) is 55.6 Å². The van der Waals surface area contributed by atoms with Crippen LogP contribution in [0, 0.1) is 5.92 Å². The number of anilines is 2. The van der Waals surface area contributed by atoms with Crippen LogP contribution in [0.15, 0.2) is 18.2 Å². The zero-order chi connectivity index (χ0) is 16.8. The van der Waals surface area contributed by atoms with E-state index in [1.54, 1.807) is 0 Å². The maximum atomic E-state index is 11.5. The summed E-state index contributed by atoms with van der Waals surface area (Å²) in [7, 11) is 0. The smallest absolute Gasteiger partial charge is 0.226 e. The second-order valence-corrected chi connectivity index (χ2v) is 6.90. The number of carbonyl (C=O) groups excluding carboxylic acids is 1. The molecule has 0 saturated carbocycles. The van der Waals surface area contributed by atoms with Crippen LogP contribution in [0.25, 0.3) is 0 Å². The summed E-state index contributed by atoms with van der Waals surface area (Å²) < 4.78 is 0. The molecule has 0 aromatic heterocycles. The fourth-order valence-electron chi connectivity index (χ4n) is 2.67. The molecule has 1 fully saturated rings. The number of hydrogen-bond acceptors (Lipinski definition) is 3. The molecule has 1 aromatic rings. The standard InChI is InChI=1S/C17H24ClN3OS/c1-3-4-16(22)20-17(23)19-13-5-6-15(14(18)11-13)21-9-7-12(2)8-10-21/h5-6,11-12H,3-4,7-10H2,1-2H3,(H2,19,20,22,23). The number of thiocarbonyl (C=S) groups is 1. The summed E-state index contributed by atoms with van der Waals surface area (Å²) in [6.07, 6.45) is 3.66. The molecule has 2 rings (SSSR count). The van der Waals surface area contributed by atoms with Crippen molar-refractivity contribution in [2.24, 2.45) is 5.92 Å². The summed E-state index contributed by atoms with van der Waals surface area (Å²) in [4.78, 5) is 13.9. The maximum absolute atomic E-state index is 11.5. The van der Waals surface area contributed by atoms with Crippen LogP contribution in [0.4, 0.5) is 11.4 Å². The van der Waals surface area contributed by atoms with Crippen LogP contribution < -0.4 is 15.5 Å². The molecule has 0 bridgehead atoms. The number of hydrogen-bond donors (Lipinski definition) is 2. The zero-order valence-electron chi connectivity index (χ0n) is 13.7. The van der Waals surface area contributed by atoms with Gasteiger partial charge in [0.15, 0.2) is 5.11 Å². The van der Waals surface area contributed by atoms with Crippen LogP contribution in [0.3, 0.4) is 0 Å². The number of amides is 1. The first-order chi connectivity index (χ1) is 11.0. The Bertz CT molecular complexity index is 571. The summed E-state index contributed by atoms with van der Waals surface area (Å²) in [5, 5.41) is 6.67. The third-order valence-electron chi connectivity index (χ3n) is 4.06. The molecule has 1 aliphatic rings. The summed E-state index contributed by atoms with van der Waals surface area (Å²) in [6, 6.07) is 5.81. The molecule has 0 unspecified atom stereocenters. The fourth-order valence-corrected chi connectivity index (χ4v) is 3.20. The lowest BCUT2D eigenvalue weighted by molar-refractivity contribution is -0.119. The van der Waals surface area contributed by atoms with Gasteiger partial charge in [-0.15, -0.1) is 0 Å². The number of piperidine rings is 1. The minimum absolute atomic E-state index is 0.0739. The zero-order valence-corrected chi connectivity index (χ0v) is 15.3. The molecule has 0 spiro atoms. The molecule has 0 radical (unpaired) electrons. The normalized spacial score (nSPS) is 15.3. The quantitative estimate of drug-likeness (QED) is 0.797. The van der Waals surface area contributed by atoms with E-state index in [1.807, 2.05) is 25.1 Å². The predicted octanol–water partition coefficient (Wildman–Crippen LogP) is 4.19. The molecule has 4 nitrogen and oxygen atoms in total. The highest BCUT2D eigenvalue weighted by molar-refractivity contribution is 7.80. The highest BCUT2D eigenvalue weighted by atomic mass is 35.5. The Balaban J connectivity index is 1.96. The number of carbonyl (C=O) groups is 1. The van der Waals surface area contributed by atoms with Gasteiger partial charge in [-0.3, -0.25) is 4.79 Å². The Hall–Kier alpha value is -1.33. The Kier molecular flexibility index (Phi) is 6.66. The topological polar surface area (TPSA) is 44.4 Å². The molecule has 2 N–H and O–H groups in total. The van der Waals surface area contributed by atoms with Gasteiger partial charge in [0.05, 0.1) is 10.7 Å². The number of nitrogens with one attached hydrogen (secondary N) is 2. The van der Waals surface area contributed by atoms with E-state index in [0.29, 0.717) is 16.6 Å². The first kappa shape index (κ1) is 18.0. The van der Waals surface area contributed by atoms with Crippen molar-refractivity contribution in [1.29, 1.82) is 0 Å². The van der Waals surface area contributed by atoms with Crippen LogP contribution in [0.2, 0.25) is 5.02 Å². The van der Waals surface area contributed by atoms with Crippen molar-refractivity contribution in [1.82, 2.24) is 5.32 Å². The third kappa shape index (κ3) is 5.36. The van der Waals surface area contributed by atoms with Crippen molar-refractivity contribution in [2.75, 3.05) is 23.3 Å². The van der Waals surface area contributed by atoms with Crippen molar-refractivity contribution in [3.8, 4) is 0 Å². The van der Waals surface area contributed by atoms with Crippen LogP contribution in [0.1, 0.15) is 39.5 Å². The first-order valence-corrected chi connectivity index (χ1v) is 8.93. The van der Waals surface area contributed by atoms with Gasteiger partial charge in [0.2, 0.25) is 5.91 Å². The van der Waals surface area contributed by atoms with Crippen LogP contribution >= 0.6 is 23.8 Å². The van der Waals surface area contributed by atoms with Crippen molar-refractivity contribution >= 4 is 46.2 Å². The molecule has 1 aliphatic heterocycles. The van der Waals surface area contributed by atoms with Crippen molar-refractivity contribution in [3.63, 3.8) is 0 Å². The number of benzene rings is 1. The Labute approximate surface area is 148 Å². The average molecular weight is 354 g/mol. The van der Waals surface area contributed by atoms with Gasteiger partial charge < -0.3 is 15.5 Å². The molecule has 0 aliphatic carbocycles. The molecular weight excluding hydrogens is 330 g/mol. The second-order valence-electron chi connectivity index (χ2n) is 6.09. The van der Waals surface area contributed by atoms with E-state index >= 15 is 0 Å². The third-order valence-corrected chi connectivity index (χ3v) is 4.57. The minimum Gasteiger partial charge on any atom is -0.370 e. The monoisotopic (exact) mass is 353 g/mol. The van der Waals surface area contributed by atoms with Gasteiger partial charge in [-0.2, -0.15) is 0 Å². The highest BCUT2D eigenvalue weighted by Gasteiger charge is 2.18. The highest BCUT2D eigenvalue weighted by Crippen LogP contribution is 2.31. The SMILES string of the molecule is CCCC(=O)NC(=S)Nc1ccc(N2CCC(C)CC2)c(Cl)c1. The molecule has 6 heteroatoms. The molecule has 1 saturated heterocycles. The van der Waals surface area contributed by atoms with E-state index in [0.717, 1.165) is 36.8 Å². The van der Waals surface area contributed by atoms with Gasteiger partial charge in [-0.25, -0.2) is 0 Å². The predicted molar refractivity (Wildman–Crippen MR) is 101 cm³/mol. The summed E-state index contributed by atoms with van der Waals surface area (Å²) >= 11 is 11.6. The number of halogens is 1. The van der Waals surface area contributed by atoms with Crippen molar-refractivity contribution in [2.45, 2.75) is 39.5 Å². The van der Waals surface area contributed by atoms with Gasteiger partial charge in [0.1, 0.15) is 0 Å². The Morgan fingerprint density at radius 3 is 2.70 bits per heavy atom. The van der Waals surface area contributed by atoms with E-state index in [2.05, 4.69) is 22.5 Å². The molecule has 1 aromatic carbocycles. The van der Waals surface area contributed by atoms with E-state index in [9.17, 15) is 4.79 Å².